The van der Waals surface area contributed by atoms with Crippen molar-refractivity contribution in [3.8, 4) is 0 Å². The molecule has 2 heterocycles. The van der Waals surface area contributed by atoms with Crippen LogP contribution >= 0.6 is 24.0 Å². The van der Waals surface area contributed by atoms with Crippen molar-refractivity contribution in [1.29, 1.82) is 0 Å². The quantitative estimate of drug-likeness (QED) is 0.299. The molecule has 1 aliphatic carbocycles. The summed E-state index contributed by atoms with van der Waals surface area (Å²) in [6.07, 6.45) is 13.4. The van der Waals surface area contributed by atoms with Crippen LogP contribution in [0.5, 0.6) is 0 Å². The summed E-state index contributed by atoms with van der Waals surface area (Å²) in [6.45, 7) is 4.82. The van der Waals surface area contributed by atoms with E-state index in [-0.39, 0.29) is 24.0 Å². The zero-order chi connectivity index (χ0) is 17.3. The van der Waals surface area contributed by atoms with Crippen LogP contribution in [-0.2, 0) is 0 Å². The Morgan fingerprint density at radius 3 is 2.46 bits per heavy atom. The van der Waals surface area contributed by atoms with Gasteiger partial charge in [-0.15, -0.1) is 24.0 Å². The monoisotopic (exact) mass is 472 g/mol. The Labute approximate surface area is 174 Å². The van der Waals surface area contributed by atoms with E-state index in [0.29, 0.717) is 0 Å². The van der Waals surface area contributed by atoms with Gasteiger partial charge in [0.25, 0.3) is 0 Å². The Morgan fingerprint density at radius 1 is 1.12 bits per heavy atom. The molecular weight excluding hydrogens is 439 g/mol. The highest BCUT2D eigenvalue weighted by molar-refractivity contribution is 14.0. The number of piperazine rings is 1. The number of guanidine groups is 1. The summed E-state index contributed by atoms with van der Waals surface area (Å²) in [5.41, 5.74) is 0. The first-order valence-corrected chi connectivity index (χ1v) is 9.84. The van der Waals surface area contributed by atoms with E-state index in [9.17, 15) is 0 Å². The lowest BCUT2D eigenvalue weighted by Gasteiger charge is -2.36. The molecular formula is C19H33IN6. The van der Waals surface area contributed by atoms with Gasteiger partial charge in [0.05, 0.1) is 0 Å². The number of halogens is 1. The first kappa shape index (κ1) is 21.2. The molecule has 3 rings (SSSR count). The Bertz CT molecular complexity index is 524. The van der Waals surface area contributed by atoms with Gasteiger partial charge in [0.2, 0.25) is 5.95 Å². The summed E-state index contributed by atoms with van der Waals surface area (Å²) in [4.78, 5) is 17.7. The van der Waals surface area contributed by atoms with Gasteiger partial charge in [0.15, 0.2) is 5.96 Å². The van der Waals surface area contributed by atoms with Gasteiger partial charge in [-0.25, -0.2) is 9.97 Å². The Hall–Kier alpha value is -1.12. The van der Waals surface area contributed by atoms with Crippen LogP contribution in [0.2, 0.25) is 0 Å². The molecule has 0 radical (unpaired) electrons. The molecule has 1 saturated carbocycles. The smallest absolute Gasteiger partial charge is 0.225 e. The van der Waals surface area contributed by atoms with Crippen LogP contribution in [0, 0.1) is 5.92 Å². The molecule has 1 saturated heterocycles. The third-order valence-corrected chi connectivity index (χ3v) is 5.42. The molecule has 0 amide bonds. The van der Waals surface area contributed by atoms with Crippen molar-refractivity contribution in [2.24, 2.45) is 10.9 Å². The fourth-order valence-electron chi connectivity index (χ4n) is 3.96. The maximum atomic E-state index is 4.47. The number of rotatable bonds is 6. The highest BCUT2D eigenvalue weighted by Gasteiger charge is 2.21. The minimum Gasteiger partial charge on any atom is -0.356 e. The van der Waals surface area contributed by atoms with Crippen LogP contribution in [0.3, 0.4) is 0 Å². The summed E-state index contributed by atoms with van der Waals surface area (Å²) in [5.74, 6) is 2.87. The van der Waals surface area contributed by atoms with Gasteiger partial charge in [-0.2, -0.15) is 0 Å². The number of aromatic nitrogens is 2. The second kappa shape index (κ2) is 11.6. The number of nitrogens with one attached hydrogen (secondary N) is 1. The van der Waals surface area contributed by atoms with Gasteiger partial charge < -0.3 is 15.1 Å². The maximum absolute atomic E-state index is 4.47. The average Bonchev–Trinajstić information content (AvgIpc) is 3.19. The fraction of sp³-hybridized carbons (Fsp3) is 0.737. The number of anilines is 1. The number of aliphatic imine (C=N–C) groups is 1. The first-order valence-electron chi connectivity index (χ1n) is 9.84. The summed E-state index contributed by atoms with van der Waals surface area (Å²) >= 11 is 0. The second-order valence-corrected chi connectivity index (χ2v) is 7.14. The Morgan fingerprint density at radius 2 is 1.81 bits per heavy atom. The van der Waals surface area contributed by atoms with E-state index >= 15 is 0 Å². The molecule has 7 heteroatoms. The molecule has 1 aliphatic heterocycles. The average molecular weight is 472 g/mol. The number of hydrogen-bond donors (Lipinski definition) is 1. The van der Waals surface area contributed by atoms with Crippen LogP contribution in [0.4, 0.5) is 5.95 Å². The fourth-order valence-corrected chi connectivity index (χ4v) is 3.96. The molecule has 1 N–H and O–H groups in total. The van der Waals surface area contributed by atoms with Crippen molar-refractivity contribution < 1.29 is 0 Å². The van der Waals surface area contributed by atoms with E-state index in [1.165, 1.54) is 44.9 Å². The minimum atomic E-state index is 0. The summed E-state index contributed by atoms with van der Waals surface area (Å²) in [6, 6.07) is 1.86. The standard InChI is InChI=1S/C19H32N6.HI/c1-20-18(21-10-5-4-9-17-7-2-3-8-17)24-13-15-25(16-14-24)19-22-11-6-12-23-19;/h6,11-12,17H,2-5,7-10,13-16H2,1H3,(H,20,21);1H. The number of hydrogen-bond acceptors (Lipinski definition) is 4. The molecule has 0 atom stereocenters. The van der Waals surface area contributed by atoms with Crippen molar-refractivity contribution in [2.45, 2.75) is 44.9 Å². The van der Waals surface area contributed by atoms with Crippen molar-refractivity contribution >= 4 is 35.9 Å². The zero-order valence-corrected chi connectivity index (χ0v) is 18.3. The number of unbranched alkanes of at least 4 members (excludes halogenated alkanes) is 1. The van der Waals surface area contributed by atoms with Crippen LogP contribution in [0.15, 0.2) is 23.5 Å². The highest BCUT2D eigenvalue weighted by atomic mass is 127. The highest BCUT2D eigenvalue weighted by Crippen LogP contribution is 2.28. The third-order valence-electron chi connectivity index (χ3n) is 5.42. The molecule has 0 aromatic carbocycles. The van der Waals surface area contributed by atoms with Gasteiger partial charge in [0, 0.05) is 52.2 Å². The molecule has 6 nitrogen and oxygen atoms in total. The van der Waals surface area contributed by atoms with Crippen molar-refractivity contribution in [3.05, 3.63) is 18.5 Å². The number of nitrogens with zero attached hydrogens (tertiary/aromatic N) is 5. The van der Waals surface area contributed by atoms with Gasteiger partial charge in [-0.1, -0.05) is 38.5 Å². The maximum Gasteiger partial charge on any atom is 0.225 e. The second-order valence-electron chi connectivity index (χ2n) is 7.14. The van der Waals surface area contributed by atoms with Crippen molar-refractivity contribution in [1.82, 2.24) is 20.2 Å². The predicted octanol–water partition coefficient (Wildman–Crippen LogP) is 3.15. The summed E-state index contributed by atoms with van der Waals surface area (Å²) < 4.78 is 0. The normalized spacial score (nSPS) is 18.7. The molecule has 0 unspecified atom stereocenters. The van der Waals surface area contributed by atoms with E-state index in [2.05, 4.69) is 30.1 Å². The SMILES string of the molecule is CN=C(NCCCCC1CCCC1)N1CCN(c2ncccn2)CC1.I. The summed E-state index contributed by atoms with van der Waals surface area (Å²) in [5, 5.41) is 3.55. The lowest BCUT2D eigenvalue weighted by atomic mass is 10.0. The van der Waals surface area contributed by atoms with Gasteiger partial charge in [-0.3, -0.25) is 4.99 Å². The molecule has 146 valence electrons. The van der Waals surface area contributed by atoms with E-state index < -0.39 is 0 Å². The largest absolute Gasteiger partial charge is 0.356 e. The molecule has 1 aromatic heterocycles. The van der Waals surface area contributed by atoms with E-state index in [1.807, 2.05) is 13.1 Å². The molecule has 1 aromatic rings. The third kappa shape index (κ3) is 6.25. The van der Waals surface area contributed by atoms with E-state index in [0.717, 1.165) is 50.5 Å². The lowest BCUT2D eigenvalue weighted by Crippen LogP contribution is -2.53. The van der Waals surface area contributed by atoms with Crippen LogP contribution < -0.4 is 10.2 Å². The minimum absolute atomic E-state index is 0. The van der Waals surface area contributed by atoms with E-state index in [1.54, 1.807) is 12.4 Å². The van der Waals surface area contributed by atoms with Gasteiger partial charge in [0.1, 0.15) is 0 Å². The summed E-state index contributed by atoms with van der Waals surface area (Å²) in [7, 11) is 1.88. The predicted molar refractivity (Wildman–Crippen MR) is 118 cm³/mol. The van der Waals surface area contributed by atoms with Crippen molar-refractivity contribution in [3.63, 3.8) is 0 Å². The topological polar surface area (TPSA) is 56.7 Å². The van der Waals surface area contributed by atoms with Crippen LogP contribution in [0.25, 0.3) is 0 Å². The molecule has 2 fully saturated rings. The van der Waals surface area contributed by atoms with Crippen LogP contribution in [0.1, 0.15) is 44.9 Å². The van der Waals surface area contributed by atoms with Crippen molar-refractivity contribution in [2.75, 3.05) is 44.7 Å². The molecule has 26 heavy (non-hydrogen) atoms. The van der Waals surface area contributed by atoms with E-state index in [4.69, 9.17) is 0 Å². The molecule has 0 spiro atoms. The Balaban J connectivity index is 0.00000243. The molecule has 2 aliphatic rings. The zero-order valence-electron chi connectivity index (χ0n) is 15.9. The lowest BCUT2D eigenvalue weighted by molar-refractivity contribution is 0.369. The molecule has 0 bridgehead atoms. The Kier molecular flexibility index (Phi) is 9.42. The van der Waals surface area contributed by atoms with Crippen LogP contribution in [-0.4, -0.2) is 60.6 Å². The van der Waals surface area contributed by atoms with Gasteiger partial charge in [-0.05, 0) is 18.4 Å². The first-order chi connectivity index (χ1) is 12.4. The van der Waals surface area contributed by atoms with Gasteiger partial charge >= 0.3 is 0 Å².